The van der Waals surface area contributed by atoms with Crippen molar-refractivity contribution in [2.24, 2.45) is 11.8 Å². The lowest BCUT2D eigenvalue weighted by atomic mass is 10.0. The highest BCUT2D eigenvalue weighted by Crippen LogP contribution is 2.27. The van der Waals surface area contributed by atoms with E-state index in [-0.39, 0.29) is 0 Å². The maximum absolute atomic E-state index is 12.5. The Morgan fingerprint density at radius 1 is 1.11 bits per heavy atom. The molecule has 0 radical (unpaired) electrons. The lowest BCUT2D eigenvalue weighted by molar-refractivity contribution is 0.266. The molecule has 1 aliphatic heterocycles. The van der Waals surface area contributed by atoms with E-state index in [1.165, 1.54) is 25.7 Å². The zero-order valence-electron chi connectivity index (χ0n) is 11.7. The van der Waals surface area contributed by atoms with Gasteiger partial charge in [0.25, 0.3) is 10.2 Å². The molecular weight excluding hydrogens is 284 g/mol. The molecule has 4 nitrogen and oxygen atoms in total. The highest BCUT2D eigenvalue weighted by Gasteiger charge is 2.32. The summed E-state index contributed by atoms with van der Waals surface area (Å²) in [5.74, 6) is 1.68. The van der Waals surface area contributed by atoms with Gasteiger partial charge in [0.1, 0.15) is 0 Å². The van der Waals surface area contributed by atoms with Gasteiger partial charge in [-0.15, -0.1) is 11.6 Å². The summed E-state index contributed by atoms with van der Waals surface area (Å²) in [4.78, 5) is 0. The van der Waals surface area contributed by atoms with Crippen molar-refractivity contribution in [2.75, 3.05) is 32.6 Å². The molecule has 19 heavy (non-hydrogen) atoms. The van der Waals surface area contributed by atoms with E-state index < -0.39 is 10.2 Å². The van der Waals surface area contributed by atoms with Gasteiger partial charge in [-0.3, -0.25) is 0 Å². The first-order chi connectivity index (χ1) is 9.04. The second kappa shape index (κ2) is 6.74. The van der Waals surface area contributed by atoms with Gasteiger partial charge in [-0.25, -0.2) is 0 Å². The summed E-state index contributed by atoms with van der Waals surface area (Å²) in [6, 6.07) is 0. The van der Waals surface area contributed by atoms with Crippen molar-refractivity contribution in [3.8, 4) is 0 Å². The van der Waals surface area contributed by atoms with Gasteiger partial charge in [0.05, 0.1) is 0 Å². The lowest BCUT2D eigenvalue weighted by Gasteiger charge is -2.33. The van der Waals surface area contributed by atoms with Crippen molar-refractivity contribution in [1.29, 1.82) is 0 Å². The van der Waals surface area contributed by atoms with Crippen LogP contribution in [0.3, 0.4) is 0 Å². The molecule has 0 atom stereocenters. The molecule has 0 aromatic carbocycles. The van der Waals surface area contributed by atoms with E-state index in [1.807, 2.05) is 0 Å². The van der Waals surface area contributed by atoms with E-state index in [4.69, 9.17) is 11.6 Å². The van der Waals surface area contributed by atoms with Gasteiger partial charge in [0.2, 0.25) is 0 Å². The fraction of sp³-hybridized carbons (Fsp3) is 1.00. The van der Waals surface area contributed by atoms with Gasteiger partial charge in [-0.1, -0.05) is 12.8 Å². The smallest absolute Gasteiger partial charge is 0.195 e. The zero-order chi connectivity index (χ0) is 13.9. The second-order valence-corrected chi connectivity index (χ2v) is 8.28. The summed E-state index contributed by atoms with van der Waals surface area (Å²) >= 11 is 5.84. The number of alkyl halides is 1. The van der Waals surface area contributed by atoms with Crippen LogP contribution in [0.2, 0.25) is 0 Å². The van der Waals surface area contributed by atoms with Crippen LogP contribution in [0.5, 0.6) is 0 Å². The summed E-state index contributed by atoms with van der Waals surface area (Å²) in [6.45, 7) is 1.92. The van der Waals surface area contributed by atoms with Crippen LogP contribution in [0.4, 0.5) is 0 Å². The van der Waals surface area contributed by atoms with Crippen LogP contribution in [0.15, 0.2) is 0 Å². The fourth-order valence-corrected chi connectivity index (χ4v) is 4.92. The Kier molecular flexibility index (Phi) is 5.52. The summed E-state index contributed by atoms with van der Waals surface area (Å²) in [5.41, 5.74) is 0. The fourth-order valence-electron chi connectivity index (χ4n) is 3.14. The molecule has 2 rings (SSSR count). The Bertz CT molecular complexity index is 374. The van der Waals surface area contributed by atoms with Crippen LogP contribution in [-0.4, -0.2) is 49.6 Å². The molecule has 1 heterocycles. The molecule has 2 aliphatic rings. The number of hydrogen-bond donors (Lipinski definition) is 0. The van der Waals surface area contributed by atoms with Gasteiger partial charge >= 0.3 is 0 Å². The van der Waals surface area contributed by atoms with E-state index in [0.717, 1.165) is 12.8 Å². The summed E-state index contributed by atoms with van der Waals surface area (Å²) in [5, 5.41) is 0. The van der Waals surface area contributed by atoms with Crippen LogP contribution in [-0.2, 0) is 10.2 Å². The molecule has 0 spiro atoms. The number of hydrogen-bond acceptors (Lipinski definition) is 2. The summed E-state index contributed by atoms with van der Waals surface area (Å²) in [7, 11) is -1.53. The number of piperidine rings is 1. The van der Waals surface area contributed by atoms with E-state index >= 15 is 0 Å². The molecule has 0 aromatic rings. The van der Waals surface area contributed by atoms with E-state index in [0.29, 0.717) is 37.4 Å². The minimum Gasteiger partial charge on any atom is -0.195 e. The molecule has 1 saturated heterocycles. The van der Waals surface area contributed by atoms with Crippen LogP contribution in [0, 0.1) is 11.8 Å². The summed E-state index contributed by atoms with van der Waals surface area (Å²) < 4.78 is 28.2. The van der Waals surface area contributed by atoms with Crippen molar-refractivity contribution < 1.29 is 8.42 Å². The Labute approximate surface area is 122 Å². The Morgan fingerprint density at radius 2 is 1.68 bits per heavy atom. The second-order valence-electron chi connectivity index (χ2n) is 5.94. The first-order valence-corrected chi connectivity index (χ1v) is 9.24. The minimum absolute atomic E-state index is 0.480. The maximum Gasteiger partial charge on any atom is 0.281 e. The van der Waals surface area contributed by atoms with Gasteiger partial charge in [0, 0.05) is 32.6 Å². The first-order valence-electron chi connectivity index (χ1n) is 7.31. The highest BCUT2D eigenvalue weighted by molar-refractivity contribution is 7.86. The van der Waals surface area contributed by atoms with Crippen molar-refractivity contribution in [3.05, 3.63) is 0 Å². The Balaban J connectivity index is 1.89. The molecule has 0 amide bonds. The zero-order valence-corrected chi connectivity index (χ0v) is 13.3. The van der Waals surface area contributed by atoms with Gasteiger partial charge in [-0.2, -0.15) is 17.0 Å². The van der Waals surface area contributed by atoms with Crippen molar-refractivity contribution >= 4 is 21.8 Å². The lowest BCUT2D eigenvalue weighted by Crippen LogP contribution is -2.47. The van der Waals surface area contributed by atoms with E-state index in [2.05, 4.69) is 0 Å². The van der Waals surface area contributed by atoms with Crippen molar-refractivity contribution in [1.82, 2.24) is 8.61 Å². The molecule has 1 aliphatic carbocycles. The molecule has 112 valence electrons. The molecule has 0 aromatic heterocycles. The molecule has 0 bridgehead atoms. The number of nitrogens with zero attached hydrogens (tertiary/aromatic N) is 2. The highest BCUT2D eigenvalue weighted by atomic mass is 35.5. The monoisotopic (exact) mass is 308 g/mol. The average Bonchev–Trinajstić information content (AvgIpc) is 2.91. The molecule has 0 unspecified atom stereocenters. The summed E-state index contributed by atoms with van der Waals surface area (Å²) in [6.07, 6.45) is 6.63. The van der Waals surface area contributed by atoms with Crippen molar-refractivity contribution in [3.63, 3.8) is 0 Å². The van der Waals surface area contributed by atoms with E-state index in [9.17, 15) is 8.42 Å². The van der Waals surface area contributed by atoms with Crippen LogP contribution in [0.25, 0.3) is 0 Å². The third-order valence-corrected chi connectivity index (χ3v) is 6.89. The quantitative estimate of drug-likeness (QED) is 0.731. The molecule has 1 saturated carbocycles. The van der Waals surface area contributed by atoms with Crippen LogP contribution < -0.4 is 0 Å². The largest absolute Gasteiger partial charge is 0.281 e. The number of rotatable bonds is 5. The topological polar surface area (TPSA) is 40.6 Å². The molecule has 6 heteroatoms. The molecule has 2 fully saturated rings. The van der Waals surface area contributed by atoms with Gasteiger partial charge in [-0.05, 0) is 37.5 Å². The minimum atomic E-state index is -3.26. The van der Waals surface area contributed by atoms with Gasteiger partial charge in [0.15, 0.2) is 0 Å². The standard InChI is InChI=1S/C13H25ClN2O2S/c1-15(11-13-4-2-3-5-13)19(17,18)16-8-6-12(10-14)7-9-16/h12-13H,2-11H2,1H3. The van der Waals surface area contributed by atoms with Crippen LogP contribution >= 0.6 is 11.6 Å². The Hall–Kier alpha value is 0.160. The number of halogens is 1. The predicted octanol–water partition coefficient (Wildman–Crippen LogP) is 2.30. The Morgan fingerprint density at radius 3 is 2.21 bits per heavy atom. The van der Waals surface area contributed by atoms with E-state index in [1.54, 1.807) is 15.7 Å². The maximum atomic E-state index is 12.5. The molecule has 0 N–H and O–H groups in total. The SMILES string of the molecule is CN(CC1CCCC1)S(=O)(=O)N1CCC(CCl)CC1. The first kappa shape index (κ1) is 15.5. The normalized spacial score (nSPS) is 24.4. The average molecular weight is 309 g/mol. The van der Waals surface area contributed by atoms with Gasteiger partial charge < -0.3 is 0 Å². The molecular formula is C13H25ClN2O2S. The predicted molar refractivity (Wildman–Crippen MR) is 78.5 cm³/mol. The third kappa shape index (κ3) is 3.84. The van der Waals surface area contributed by atoms with Crippen molar-refractivity contribution in [2.45, 2.75) is 38.5 Å². The third-order valence-electron chi connectivity index (χ3n) is 4.50. The van der Waals surface area contributed by atoms with Crippen LogP contribution in [0.1, 0.15) is 38.5 Å².